The summed E-state index contributed by atoms with van der Waals surface area (Å²) in [6.07, 6.45) is 0. The third-order valence-electron chi connectivity index (χ3n) is 3.31. The molecule has 1 unspecified atom stereocenters. The van der Waals surface area contributed by atoms with E-state index in [1.807, 2.05) is 0 Å². The summed E-state index contributed by atoms with van der Waals surface area (Å²) in [7, 11) is -1.25. The van der Waals surface area contributed by atoms with E-state index in [4.69, 9.17) is 9.47 Å². The highest BCUT2D eigenvalue weighted by Gasteiger charge is 2.35. The van der Waals surface area contributed by atoms with Gasteiger partial charge in [0.05, 0.1) is 23.6 Å². The molecule has 1 aromatic carbocycles. The summed E-state index contributed by atoms with van der Waals surface area (Å²) in [5, 5.41) is 2.14. The van der Waals surface area contributed by atoms with Crippen molar-refractivity contribution in [1.82, 2.24) is 0 Å². The summed E-state index contributed by atoms with van der Waals surface area (Å²) in [6.45, 7) is 1.49. The minimum atomic E-state index is -3.97. The van der Waals surface area contributed by atoms with Gasteiger partial charge in [0.25, 0.3) is 10.0 Å². The molecule has 2 aromatic rings. The Labute approximate surface area is 153 Å². The zero-order valence-electron chi connectivity index (χ0n) is 13.2. The molecule has 0 amide bonds. The van der Waals surface area contributed by atoms with E-state index in [1.54, 1.807) is 23.6 Å². The van der Waals surface area contributed by atoms with Gasteiger partial charge in [-0.05, 0) is 58.6 Å². The smallest absolute Gasteiger partial charge is 0.329 e. The van der Waals surface area contributed by atoms with Gasteiger partial charge in [0.15, 0.2) is 0 Å². The fraction of sp³-hybridized carbons (Fsp3) is 0.267. The fourth-order valence-electron chi connectivity index (χ4n) is 2.06. The summed E-state index contributed by atoms with van der Waals surface area (Å²) in [5.41, 5.74) is 0. The van der Waals surface area contributed by atoms with Crippen molar-refractivity contribution in [1.29, 1.82) is 0 Å². The SMILES string of the molecule is COC(=O)C(C)N(c1sccc1Br)S(=O)(=O)c1ccc(OC)cc1. The van der Waals surface area contributed by atoms with Crippen LogP contribution in [-0.2, 0) is 19.6 Å². The Bertz CT molecular complexity index is 817. The minimum absolute atomic E-state index is 0.0550. The van der Waals surface area contributed by atoms with Crippen molar-refractivity contribution in [3.63, 3.8) is 0 Å². The van der Waals surface area contributed by atoms with Gasteiger partial charge in [-0.3, -0.25) is 0 Å². The van der Waals surface area contributed by atoms with Gasteiger partial charge in [-0.25, -0.2) is 17.5 Å². The number of benzene rings is 1. The second-order valence-corrected chi connectivity index (χ2v) is 8.31. The zero-order chi connectivity index (χ0) is 17.9. The number of hydrogen-bond donors (Lipinski definition) is 0. The minimum Gasteiger partial charge on any atom is -0.497 e. The number of carbonyl (C=O) groups excluding carboxylic acids is 1. The highest BCUT2D eigenvalue weighted by Crippen LogP contribution is 2.37. The van der Waals surface area contributed by atoms with Crippen LogP contribution in [-0.4, -0.2) is 34.6 Å². The van der Waals surface area contributed by atoms with Gasteiger partial charge >= 0.3 is 5.97 Å². The molecule has 1 atom stereocenters. The molecule has 6 nitrogen and oxygen atoms in total. The summed E-state index contributed by atoms with van der Waals surface area (Å²) >= 11 is 4.54. The fourth-order valence-corrected chi connectivity index (χ4v) is 5.68. The maximum Gasteiger partial charge on any atom is 0.329 e. The number of sulfonamides is 1. The third-order valence-corrected chi connectivity index (χ3v) is 7.12. The number of carbonyl (C=O) groups is 1. The van der Waals surface area contributed by atoms with E-state index in [1.165, 1.54) is 44.6 Å². The van der Waals surface area contributed by atoms with E-state index in [9.17, 15) is 13.2 Å². The molecular formula is C15H16BrNO5S2. The van der Waals surface area contributed by atoms with Gasteiger partial charge in [0, 0.05) is 0 Å². The largest absolute Gasteiger partial charge is 0.497 e. The Morgan fingerprint density at radius 3 is 2.29 bits per heavy atom. The average molecular weight is 434 g/mol. The highest BCUT2D eigenvalue weighted by molar-refractivity contribution is 9.10. The van der Waals surface area contributed by atoms with Crippen LogP contribution < -0.4 is 9.04 Å². The molecule has 0 saturated heterocycles. The Balaban J connectivity index is 2.56. The van der Waals surface area contributed by atoms with Crippen LogP contribution in [0.2, 0.25) is 0 Å². The molecule has 0 aliphatic heterocycles. The van der Waals surface area contributed by atoms with Crippen molar-refractivity contribution < 1.29 is 22.7 Å². The number of ether oxygens (including phenoxy) is 2. The molecule has 0 saturated carbocycles. The lowest BCUT2D eigenvalue weighted by Crippen LogP contribution is -2.43. The average Bonchev–Trinajstić information content (AvgIpc) is 2.99. The van der Waals surface area contributed by atoms with Gasteiger partial charge in [0.1, 0.15) is 16.8 Å². The molecule has 1 heterocycles. The van der Waals surface area contributed by atoms with E-state index in [0.29, 0.717) is 15.2 Å². The van der Waals surface area contributed by atoms with Gasteiger partial charge < -0.3 is 9.47 Å². The van der Waals surface area contributed by atoms with Crippen molar-refractivity contribution in [2.75, 3.05) is 18.5 Å². The Kier molecular flexibility index (Phi) is 5.89. The highest BCUT2D eigenvalue weighted by atomic mass is 79.9. The maximum absolute atomic E-state index is 13.1. The van der Waals surface area contributed by atoms with Crippen LogP contribution in [0.15, 0.2) is 45.1 Å². The van der Waals surface area contributed by atoms with Crippen LogP contribution in [0.5, 0.6) is 5.75 Å². The Hall–Kier alpha value is -1.58. The number of thiophene rings is 1. The molecule has 0 spiro atoms. The van der Waals surface area contributed by atoms with Crippen LogP contribution in [0.1, 0.15) is 6.92 Å². The second-order valence-electron chi connectivity index (χ2n) is 4.75. The number of nitrogens with zero attached hydrogens (tertiary/aromatic N) is 1. The zero-order valence-corrected chi connectivity index (χ0v) is 16.4. The molecule has 130 valence electrons. The number of hydrogen-bond acceptors (Lipinski definition) is 6. The lowest BCUT2D eigenvalue weighted by atomic mass is 10.3. The summed E-state index contributed by atoms with van der Waals surface area (Å²) in [5.74, 6) is -0.105. The molecule has 9 heteroatoms. The number of anilines is 1. The van der Waals surface area contributed by atoms with Crippen LogP contribution in [0, 0.1) is 0 Å². The van der Waals surface area contributed by atoms with Crippen molar-refractivity contribution in [3.05, 3.63) is 40.2 Å². The topological polar surface area (TPSA) is 72.9 Å². The third kappa shape index (κ3) is 3.57. The molecule has 0 aliphatic rings. The van der Waals surface area contributed by atoms with Crippen LogP contribution in [0.25, 0.3) is 0 Å². The molecule has 0 aliphatic carbocycles. The second kappa shape index (κ2) is 7.54. The predicted molar refractivity (Wildman–Crippen MR) is 96.2 cm³/mol. The molecule has 0 fully saturated rings. The van der Waals surface area contributed by atoms with Gasteiger partial charge in [-0.1, -0.05) is 0 Å². The number of halogens is 1. The molecule has 1 aromatic heterocycles. The van der Waals surface area contributed by atoms with E-state index < -0.39 is 22.0 Å². The molecule has 2 rings (SSSR count). The van der Waals surface area contributed by atoms with E-state index in [0.717, 1.165) is 4.31 Å². The summed E-state index contributed by atoms with van der Waals surface area (Å²) < 4.78 is 37.6. The van der Waals surface area contributed by atoms with E-state index in [2.05, 4.69) is 15.9 Å². The Morgan fingerprint density at radius 1 is 1.21 bits per heavy atom. The first-order valence-electron chi connectivity index (χ1n) is 6.82. The van der Waals surface area contributed by atoms with E-state index in [-0.39, 0.29) is 4.90 Å². The standard InChI is InChI=1S/C15H16BrNO5S2/c1-10(15(18)22-3)17(14-13(16)8-9-23-14)24(19,20)12-6-4-11(21-2)5-7-12/h4-10H,1-3H3. The maximum atomic E-state index is 13.1. The number of esters is 1. The monoisotopic (exact) mass is 433 g/mol. The first-order chi connectivity index (χ1) is 11.3. The van der Waals surface area contributed by atoms with Crippen LogP contribution in [0.3, 0.4) is 0 Å². The Morgan fingerprint density at radius 2 is 1.83 bits per heavy atom. The van der Waals surface area contributed by atoms with Gasteiger partial charge in [0.2, 0.25) is 0 Å². The normalized spacial score (nSPS) is 12.5. The van der Waals surface area contributed by atoms with Crippen LogP contribution >= 0.6 is 27.3 Å². The number of methoxy groups -OCH3 is 2. The molecule has 24 heavy (non-hydrogen) atoms. The number of rotatable bonds is 6. The summed E-state index contributed by atoms with van der Waals surface area (Å²) in [6, 6.07) is 6.69. The first-order valence-corrected chi connectivity index (χ1v) is 9.93. The van der Waals surface area contributed by atoms with E-state index >= 15 is 0 Å². The molecule has 0 bridgehead atoms. The summed E-state index contributed by atoms with van der Waals surface area (Å²) in [4.78, 5) is 12.0. The lowest BCUT2D eigenvalue weighted by Gasteiger charge is -2.28. The van der Waals surface area contributed by atoms with Crippen molar-refractivity contribution in [3.8, 4) is 5.75 Å². The molecule has 0 radical (unpaired) electrons. The molecule has 0 N–H and O–H groups in total. The first kappa shape index (κ1) is 18.8. The van der Waals surface area contributed by atoms with Crippen molar-refractivity contribution in [2.45, 2.75) is 17.9 Å². The quantitative estimate of drug-likeness (QED) is 0.653. The van der Waals surface area contributed by atoms with Crippen molar-refractivity contribution >= 4 is 48.3 Å². The van der Waals surface area contributed by atoms with Gasteiger partial charge in [-0.15, -0.1) is 11.3 Å². The van der Waals surface area contributed by atoms with Crippen LogP contribution in [0.4, 0.5) is 5.00 Å². The molecular weight excluding hydrogens is 418 g/mol. The lowest BCUT2D eigenvalue weighted by molar-refractivity contribution is -0.141. The van der Waals surface area contributed by atoms with Gasteiger partial charge in [-0.2, -0.15) is 0 Å². The predicted octanol–water partition coefficient (Wildman–Crippen LogP) is 3.28. The van der Waals surface area contributed by atoms with Crippen molar-refractivity contribution in [2.24, 2.45) is 0 Å².